The van der Waals surface area contributed by atoms with Gasteiger partial charge in [-0.25, -0.2) is 14.8 Å². The number of hydrogen-bond donors (Lipinski definition) is 3. The molecule has 2 rings (SSSR count). The summed E-state index contributed by atoms with van der Waals surface area (Å²) in [4.78, 5) is 20.5. The van der Waals surface area contributed by atoms with Gasteiger partial charge in [-0.1, -0.05) is 0 Å². The maximum Gasteiger partial charge on any atom is 0.319 e. The van der Waals surface area contributed by atoms with Crippen molar-refractivity contribution in [2.75, 3.05) is 5.32 Å². The molecule has 1 saturated carbocycles. The monoisotopic (exact) mass is 278 g/mol. The molecule has 6 heteroatoms. The Kier molecular flexibility index (Phi) is 3.94. The number of aromatic nitrogens is 2. The summed E-state index contributed by atoms with van der Waals surface area (Å²) in [6.07, 6.45) is 3.85. The fraction of sp³-hybridized carbons (Fsp3) is 0.643. The Hall–Kier alpha value is -1.69. The summed E-state index contributed by atoms with van der Waals surface area (Å²) in [6, 6.07) is -0.716. The van der Waals surface area contributed by atoms with Crippen LogP contribution in [0.25, 0.3) is 0 Å². The van der Waals surface area contributed by atoms with Gasteiger partial charge in [0.25, 0.3) is 0 Å². The van der Waals surface area contributed by atoms with Crippen molar-refractivity contribution in [2.45, 2.75) is 58.1 Å². The number of carbonyl (C=O) groups excluding carboxylic acids is 1. The van der Waals surface area contributed by atoms with E-state index < -0.39 is 5.60 Å². The van der Waals surface area contributed by atoms with Gasteiger partial charge in [0.2, 0.25) is 0 Å². The van der Waals surface area contributed by atoms with Gasteiger partial charge in [-0.3, -0.25) is 0 Å². The van der Waals surface area contributed by atoms with E-state index in [1.165, 1.54) is 0 Å². The van der Waals surface area contributed by atoms with E-state index in [9.17, 15) is 9.90 Å². The van der Waals surface area contributed by atoms with Gasteiger partial charge < -0.3 is 15.7 Å². The highest BCUT2D eigenvalue weighted by Crippen LogP contribution is 2.42. The van der Waals surface area contributed by atoms with E-state index in [0.717, 1.165) is 18.5 Å². The smallest absolute Gasteiger partial charge is 0.319 e. The molecule has 1 aliphatic rings. The molecule has 110 valence electrons. The van der Waals surface area contributed by atoms with Crippen LogP contribution in [0.1, 0.15) is 51.0 Å². The first-order chi connectivity index (χ1) is 9.27. The Labute approximate surface area is 119 Å². The Morgan fingerprint density at radius 3 is 2.70 bits per heavy atom. The number of nitrogens with zero attached hydrogens (tertiary/aromatic N) is 2. The number of aliphatic hydroxyl groups is 1. The van der Waals surface area contributed by atoms with E-state index in [1.54, 1.807) is 27.0 Å². The number of rotatable bonds is 4. The Morgan fingerprint density at radius 2 is 2.15 bits per heavy atom. The van der Waals surface area contributed by atoms with Gasteiger partial charge >= 0.3 is 6.03 Å². The molecule has 1 aromatic rings. The van der Waals surface area contributed by atoms with E-state index in [4.69, 9.17) is 0 Å². The fourth-order valence-electron chi connectivity index (χ4n) is 1.78. The van der Waals surface area contributed by atoms with Gasteiger partial charge in [-0.2, -0.15) is 0 Å². The second kappa shape index (κ2) is 5.36. The Morgan fingerprint density at radius 1 is 1.50 bits per heavy atom. The number of aryl methyl sites for hydroxylation is 1. The molecule has 3 N–H and O–H groups in total. The van der Waals surface area contributed by atoms with Crippen LogP contribution in [0.2, 0.25) is 0 Å². The molecular formula is C14H22N4O2. The minimum atomic E-state index is -0.972. The maximum absolute atomic E-state index is 12.0. The highest BCUT2D eigenvalue weighted by atomic mass is 16.3. The van der Waals surface area contributed by atoms with Crippen LogP contribution in [0, 0.1) is 6.92 Å². The van der Waals surface area contributed by atoms with E-state index in [-0.39, 0.29) is 12.1 Å². The first-order valence-electron chi connectivity index (χ1n) is 6.91. The van der Waals surface area contributed by atoms with Gasteiger partial charge in [0.05, 0.1) is 29.2 Å². The van der Waals surface area contributed by atoms with E-state index in [2.05, 4.69) is 20.6 Å². The fourth-order valence-corrected chi connectivity index (χ4v) is 1.78. The summed E-state index contributed by atoms with van der Waals surface area (Å²) in [5.41, 5.74) is 0.586. The second-order valence-corrected chi connectivity index (χ2v) is 5.96. The lowest BCUT2D eigenvalue weighted by molar-refractivity contribution is 0.0486. The van der Waals surface area contributed by atoms with E-state index >= 15 is 0 Å². The zero-order chi connectivity index (χ0) is 14.9. The van der Waals surface area contributed by atoms with E-state index in [0.29, 0.717) is 17.4 Å². The zero-order valence-electron chi connectivity index (χ0n) is 12.4. The molecule has 0 saturated heterocycles. The van der Waals surface area contributed by atoms with Crippen LogP contribution < -0.4 is 10.6 Å². The molecule has 0 aliphatic heterocycles. The maximum atomic E-state index is 12.0. The molecular weight excluding hydrogens is 256 g/mol. The standard InChI is InChI=1S/C14H22N4O2/c1-8(14(3,4)20)16-13(19)18-11-7-15-9(2)17-12(11)10-5-6-10/h7-8,10,20H,5-6H2,1-4H3,(H2,16,18,19)/t8-/m0/s1. The number of urea groups is 1. The second-order valence-electron chi connectivity index (χ2n) is 5.96. The molecule has 0 aromatic carbocycles. The molecule has 1 aliphatic carbocycles. The first-order valence-corrected chi connectivity index (χ1v) is 6.91. The summed E-state index contributed by atoms with van der Waals surface area (Å²) in [6.45, 7) is 6.91. The van der Waals surface area contributed by atoms with Crippen LogP contribution in [-0.4, -0.2) is 32.7 Å². The van der Waals surface area contributed by atoms with E-state index in [1.807, 2.05) is 6.92 Å². The van der Waals surface area contributed by atoms with Crippen LogP contribution >= 0.6 is 0 Å². The van der Waals surface area contributed by atoms with Crippen molar-refractivity contribution in [3.05, 3.63) is 17.7 Å². The van der Waals surface area contributed by atoms with Gasteiger partial charge in [0.1, 0.15) is 5.82 Å². The van der Waals surface area contributed by atoms with Crippen LogP contribution in [0.15, 0.2) is 6.20 Å². The molecule has 0 spiro atoms. The number of nitrogens with one attached hydrogen (secondary N) is 2. The quantitative estimate of drug-likeness (QED) is 0.785. The van der Waals surface area contributed by atoms with Gasteiger partial charge in [0, 0.05) is 5.92 Å². The van der Waals surface area contributed by atoms with Crippen LogP contribution in [0.5, 0.6) is 0 Å². The van der Waals surface area contributed by atoms with Crippen molar-refractivity contribution in [3.63, 3.8) is 0 Å². The molecule has 6 nitrogen and oxygen atoms in total. The summed E-state index contributed by atoms with van der Waals surface area (Å²) in [5.74, 6) is 1.14. The van der Waals surface area contributed by atoms with Crippen LogP contribution in [0.4, 0.5) is 10.5 Å². The molecule has 0 bridgehead atoms. The van der Waals surface area contributed by atoms with Crippen LogP contribution in [-0.2, 0) is 0 Å². The molecule has 20 heavy (non-hydrogen) atoms. The minimum absolute atomic E-state index is 0.353. The summed E-state index contributed by atoms with van der Waals surface area (Å²) < 4.78 is 0. The number of amides is 2. The molecule has 0 radical (unpaired) electrons. The largest absolute Gasteiger partial charge is 0.388 e. The van der Waals surface area contributed by atoms with Crippen molar-refractivity contribution in [1.82, 2.24) is 15.3 Å². The van der Waals surface area contributed by atoms with Crippen molar-refractivity contribution in [2.24, 2.45) is 0 Å². The molecule has 2 amide bonds. The molecule has 1 atom stereocenters. The topological polar surface area (TPSA) is 87.1 Å². The van der Waals surface area contributed by atoms with Gasteiger partial charge in [-0.05, 0) is 40.5 Å². The van der Waals surface area contributed by atoms with Crippen molar-refractivity contribution in [1.29, 1.82) is 0 Å². The lowest BCUT2D eigenvalue weighted by atomic mass is 10.0. The zero-order valence-corrected chi connectivity index (χ0v) is 12.4. The third-order valence-electron chi connectivity index (χ3n) is 3.56. The summed E-state index contributed by atoms with van der Waals surface area (Å²) >= 11 is 0. The normalized spacial score (nSPS) is 16.6. The van der Waals surface area contributed by atoms with Gasteiger partial charge in [0.15, 0.2) is 0 Å². The Bertz CT molecular complexity index is 506. The van der Waals surface area contributed by atoms with Crippen molar-refractivity contribution >= 4 is 11.7 Å². The average Bonchev–Trinajstić information content (AvgIpc) is 3.14. The summed E-state index contributed by atoms with van der Waals surface area (Å²) in [7, 11) is 0. The predicted octanol–water partition coefficient (Wildman–Crippen LogP) is 1.94. The number of carbonyl (C=O) groups is 1. The number of hydrogen-bond acceptors (Lipinski definition) is 4. The van der Waals surface area contributed by atoms with Gasteiger partial charge in [-0.15, -0.1) is 0 Å². The lowest BCUT2D eigenvalue weighted by Gasteiger charge is -2.26. The van der Waals surface area contributed by atoms with Crippen molar-refractivity contribution in [3.8, 4) is 0 Å². The highest BCUT2D eigenvalue weighted by molar-refractivity contribution is 5.90. The molecule has 1 fully saturated rings. The third-order valence-corrected chi connectivity index (χ3v) is 3.56. The van der Waals surface area contributed by atoms with Crippen molar-refractivity contribution < 1.29 is 9.90 Å². The molecule has 1 aromatic heterocycles. The van der Waals surface area contributed by atoms with Crippen LogP contribution in [0.3, 0.4) is 0 Å². The number of anilines is 1. The molecule has 1 heterocycles. The molecule has 0 unspecified atom stereocenters. The first kappa shape index (κ1) is 14.7. The third kappa shape index (κ3) is 3.66. The average molecular weight is 278 g/mol. The highest BCUT2D eigenvalue weighted by Gasteiger charge is 2.29. The predicted molar refractivity (Wildman–Crippen MR) is 76.7 cm³/mol. The Balaban J connectivity index is 2.05. The minimum Gasteiger partial charge on any atom is -0.388 e. The SMILES string of the molecule is Cc1ncc(NC(=O)N[C@@H](C)C(C)(C)O)c(C2CC2)n1. The lowest BCUT2D eigenvalue weighted by Crippen LogP contribution is -2.48. The summed E-state index contributed by atoms with van der Waals surface area (Å²) in [5, 5.41) is 15.3.